The summed E-state index contributed by atoms with van der Waals surface area (Å²) in [5.41, 5.74) is 1.64. The zero-order chi connectivity index (χ0) is 19.4. The molecule has 27 heavy (non-hydrogen) atoms. The highest BCUT2D eigenvalue weighted by Crippen LogP contribution is 2.42. The minimum Gasteiger partial charge on any atom is -0.483 e. The van der Waals surface area contributed by atoms with Crippen LogP contribution < -0.4 is 9.47 Å². The second-order valence-electron chi connectivity index (χ2n) is 6.99. The third kappa shape index (κ3) is 3.25. The van der Waals surface area contributed by atoms with Gasteiger partial charge in [-0.1, -0.05) is 18.2 Å². The van der Waals surface area contributed by atoms with Crippen molar-refractivity contribution in [3.05, 3.63) is 65.2 Å². The molecule has 2 aliphatic rings. The van der Waals surface area contributed by atoms with Crippen LogP contribution in [0.1, 0.15) is 35.3 Å². The van der Waals surface area contributed by atoms with Crippen molar-refractivity contribution in [2.75, 3.05) is 0 Å². The minimum atomic E-state index is -4.80. The fourth-order valence-corrected chi connectivity index (χ4v) is 3.39. The van der Waals surface area contributed by atoms with Crippen molar-refractivity contribution in [2.24, 2.45) is 0 Å². The number of amides is 1. The normalized spacial score (nSPS) is 17.7. The van der Waals surface area contributed by atoms with Crippen LogP contribution in [0.15, 0.2) is 48.5 Å². The van der Waals surface area contributed by atoms with Crippen LogP contribution in [-0.4, -0.2) is 22.8 Å². The molecule has 7 heteroatoms. The number of rotatable bonds is 2. The number of halogens is 3. The van der Waals surface area contributed by atoms with Crippen LogP contribution in [0.25, 0.3) is 5.70 Å². The Balaban J connectivity index is 1.78. The first-order valence-corrected chi connectivity index (χ1v) is 8.35. The fraction of sp³-hybridized carbons (Fsp3) is 0.250. The summed E-state index contributed by atoms with van der Waals surface area (Å²) in [5, 5.41) is 0. The quantitative estimate of drug-likeness (QED) is 0.760. The molecule has 0 unspecified atom stereocenters. The summed E-state index contributed by atoms with van der Waals surface area (Å²) in [6, 6.07) is 11.1. The van der Waals surface area contributed by atoms with Gasteiger partial charge >= 0.3 is 6.36 Å². The van der Waals surface area contributed by atoms with Gasteiger partial charge in [-0.2, -0.15) is 0 Å². The number of alkyl halides is 3. The van der Waals surface area contributed by atoms with Crippen LogP contribution in [0, 0.1) is 0 Å². The Hall–Kier alpha value is -2.96. The molecule has 1 amide bonds. The van der Waals surface area contributed by atoms with Gasteiger partial charge in [-0.05, 0) is 49.8 Å². The molecular weight excluding hydrogens is 359 g/mol. The molecular formula is C20H16F3NO3. The molecule has 0 saturated heterocycles. The summed E-state index contributed by atoms with van der Waals surface area (Å²) in [6.07, 6.45) is -3.05. The number of fused-ring (bicyclic) bond motifs is 2. The van der Waals surface area contributed by atoms with E-state index >= 15 is 0 Å². The van der Waals surface area contributed by atoms with Crippen molar-refractivity contribution in [1.82, 2.24) is 4.90 Å². The Bertz CT molecular complexity index is 963. The number of nitrogens with zero attached hydrogens (tertiary/aromatic N) is 1. The van der Waals surface area contributed by atoms with E-state index in [1.807, 2.05) is 26.0 Å². The summed E-state index contributed by atoms with van der Waals surface area (Å²) in [5.74, 6) is -0.155. The molecule has 2 aliphatic heterocycles. The highest BCUT2D eigenvalue weighted by molar-refractivity contribution is 6.04. The number of hydrogen-bond donors (Lipinski definition) is 0. The van der Waals surface area contributed by atoms with E-state index in [2.05, 4.69) is 4.74 Å². The highest BCUT2D eigenvalue weighted by Gasteiger charge is 2.37. The molecule has 4 nitrogen and oxygen atoms in total. The molecule has 0 fully saturated rings. The summed E-state index contributed by atoms with van der Waals surface area (Å²) in [4.78, 5) is 14.4. The van der Waals surface area contributed by atoms with E-state index in [1.54, 1.807) is 23.1 Å². The van der Waals surface area contributed by atoms with E-state index in [-0.39, 0.29) is 11.7 Å². The van der Waals surface area contributed by atoms with Gasteiger partial charge in [0.25, 0.3) is 5.91 Å². The van der Waals surface area contributed by atoms with Gasteiger partial charge in [0.2, 0.25) is 0 Å². The van der Waals surface area contributed by atoms with Crippen molar-refractivity contribution >= 4 is 11.6 Å². The first-order valence-electron chi connectivity index (χ1n) is 8.35. The maximum Gasteiger partial charge on any atom is 0.573 e. The molecule has 0 saturated carbocycles. The lowest BCUT2D eigenvalue weighted by molar-refractivity contribution is -0.274. The van der Waals surface area contributed by atoms with E-state index in [1.165, 1.54) is 18.2 Å². The lowest BCUT2D eigenvalue weighted by Gasteiger charge is -2.34. The van der Waals surface area contributed by atoms with Gasteiger partial charge in [-0.25, -0.2) is 0 Å². The summed E-state index contributed by atoms with van der Waals surface area (Å²) in [6.45, 7) is 3.99. The second-order valence-corrected chi connectivity index (χ2v) is 6.99. The minimum absolute atomic E-state index is 0.192. The lowest BCUT2D eigenvalue weighted by Crippen LogP contribution is -2.34. The second kappa shape index (κ2) is 5.77. The Morgan fingerprint density at radius 3 is 2.56 bits per heavy atom. The van der Waals surface area contributed by atoms with Crippen LogP contribution in [0.3, 0.4) is 0 Å². The predicted octanol–water partition coefficient (Wildman–Crippen LogP) is 4.75. The van der Waals surface area contributed by atoms with Gasteiger partial charge in [-0.15, -0.1) is 13.2 Å². The van der Waals surface area contributed by atoms with Crippen LogP contribution in [-0.2, 0) is 6.54 Å². The smallest absolute Gasteiger partial charge is 0.483 e. The van der Waals surface area contributed by atoms with Gasteiger partial charge < -0.3 is 14.4 Å². The largest absolute Gasteiger partial charge is 0.573 e. The molecule has 0 N–H and O–H groups in total. The van der Waals surface area contributed by atoms with Crippen LogP contribution in [0.2, 0.25) is 0 Å². The van der Waals surface area contributed by atoms with E-state index in [4.69, 9.17) is 4.74 Å². The van der Waals surface area contributed by atoms with Crippen molar-refractivity contribution < 1.29 is 27.4 Å². The molecule has 2 heterocycles. The zero-order valence-corrected chi connectivity index (χ0v) is 14.6. The highest BCUT2D eigenvalue weighted by atomic mass is 19.4. The first kappa shape index (κ1) is 17.5. The number of carbonyl (C=O) groups is 1. The molecule has 2 aromatic rings. The van der Waals surface area contributed by atoms with E-state index in [0.717, 1.165) is 5.56 Å². The maximum absolute atomic E-state index is 12.9. The monoisotopic (exact) mass is 375 g/mol. The third-order valence-corrected chi connectivity index (χ3v) is 4.43. The average molecular weight is 375 g/mol. The van der Waals surface area contributed by atoms with E-state index in [9.17, 15) is 18.0 Å². The Labute approximate surface area is 153 Å². The van der Waals surface area contributed by atoms with Crippen LogP contribution in [0.5, 0.6) is 11.5 Å². The summed E-state index contributed by atoms with van der Waals surface area (Å²) >= 11 is 0. The van der Waals surface area contributed by atoms with Gasteiger partial charge in [0.1, 0.15) is 17.1 Å². The maximum atomic E-state index is 12.9. The summed E-state index contributed by atoms with van der Waals surface area (Å²) < 4.78 is 47.7. The van der Waals surface area contributed by atoms with Crippen molar-refractivity contribution in [3.63, 3.8) is 0 Å². The lowest BCUT2D eigenvalue weighted by atomic mass is 9.98. The number of ether oxygens (including phenoxy) is 2. The standard InChI is InChI=1S/C20H16F3NO3/c1-19(2)10-16(24-11-12-5-3-4-6-14(12)18(24)25)15-9-13(26-20(21,22)23)7-8-17(15)27-19/h3-10H,11H2,1-2H3. The molecule has 0 atom stereocenters. The van der Waals surface area contributed by atoms with Crippen molar-refractivity contribution in [3.8, 4) is 11.5 Å². The third-order valence-electron chi connectivity index (χ3n) is 4.43. The zero-order valence-electron chi connectivity index (χ0n) is 14.6. The van der Waals surface area contributed by atoms with Crippen LogP contribution in [0.4, 0.5) is 13.2 Å². The molecule has 0 aromatic heterocycles. The molecule has 0 aliphatic carbocycles. The number of hydrogen-bond acceptors (Lipinski definition) is 3. The number of carbonyl (C=O) groups excluding carboxylic acids is 1. The van der Waals surface area contributed by atoms with E-state index in [0.29, 0.717) is 29.1 Å². The Morgan fingerprint density at radius 1 is 1.11 bits per heavy atom. The summed E-state index contributed by atoms with van der Waals surface area (Å²) in [7, 11) is 0. The van der Waals surface area contributed by atoms with Crippen molar-refractivity contribution in [2.45, 2.75) is 32.4 Å². The van der Waals surface area contributed by atoms with Gasteiger partial charge in [0, 0.05) is 11.1 Å². The van der Waals surface area contributed by atoms with Gasteiger partial charge in [-0.3, -0.25) is 4.79 Å². The molecule has 0 radical (unpaired) electrons. The molecule has 2 aromatic carbocycles. The molecule has 4 rings (SSSR count). The van der Waals surface area contributed by atoms with Gasteiger partial charge in [0.05, 0.1) is 12.2 Å². The molecule has 0 spiro atoms. The SMILES string of the molecule is CC1(C)C=C(N2Cc3ccccc3C2=O)c2cc(OC(F)(F)F)ccc2O1. The van der Waals surface area contributed by atoms with Gasteiger partial charge in [0.15, 0.2) is 0 Å². The van der Waals surface area contributed by atoms with Crippen LogP contribution >= 0.6 is 0 Å². The topological polar surface area (TPSA) is 38.8 Å². The first-order chi connectivity index (χ1) is 12.6. The van der Waals surface area contributed by atoms with Crippen molar-refractivity contribution in [1.29, 1.82) is 0 Å². The van der Waals surface area contributed by atoms with E-state index < -0.39 is 12.0 Å². The Morgan fingerprint density at radius 2 is 1.85 bits per heavy atom. The fourth-order valence-electron chi connectivity index (χ4n) is 3.39. The number of benzene rings is 2. The molecule has 0 bridgehead atoms. The average Bonchev–Trinajstić information content (AvgIpc) is 2.90. The molecule has 140 valence electrons. The Kier molecular flexibility index (Phi) is 3.73. The predicted molar refractivity (Wildman–Crippen MR) is 92.1 cm³/mol.